The zero-order chi connectivity index (χ0) is 13.0. The molecule has 2 atom stereocenters. The van der Waals surface area contributed by atoms with Gasteiger partial charge in [-0.3, -0.25) is 4.79 Å². The Kier molecular flexibility index (Phi) is 6.28. The summed E-state index contributed by atoms with van der Waals surface area (Å²) in [6, 6.07) is 7.96. The van der Waals surface area contributed by atoms with Crippen molar-refractivity contribution in [1.29, 1.82) is 0 Å². The lowest BCUT2D eigenvalue weighted by molar-refractivity contribution is -0.120. The summed E-state index contributed by atoms with van der Waals surface area (Å²) in [5.41, 5.74) is 2.21. The largest absolute Gasteiger partial charge is 0.391 e. The molecule has 1 heterocycles. The van der Waals surface area contributed by atoms with Gasteiger partial charge in [0.2, 0.25) is 5.91 Å². The molecule has 0 aliphatic carbocycles. The number of nitrogens with one attached hydrogen (secondary N) is 2. The molecule has 0 radical (unpaired) electrons. The summed E-state index contributed by atoms with van der Waals surface area (Å²) >= 11 is 0. The Labute approximate surface area is 120 Å². The molecule has 0 aromatic heterocycles. The van der Waals surface area contributed by atoms with Crippen LogP contribution in [-0.4, -0.2) is 36.8 Å². The van der Waals surface area contributed by atoms with Crippen molar-refractivity contribution in [2.24, 2.45) is 5.92 Å². The summed E-state index contributed by atoms with van der Waals surface area (Å²) in [6.07, 6.45) is 0.0564. The third kappa shape index (κ3) is 4.82. The van der Waals surface area contributed by atoms with Crippen molar-refractivity contribution in [3.8, 4) is 0 Å². The monoisotopic (exact) mass is 284 g/mol. The van der Waals surface area contributed by atoms with Crippen LogP contribution >= 0.6 is 12.4 Å². The van der Waals surface area contributed by atoms with Gasteiger partial charge in [0, 0.05) is 25.6 Å². The Morgan fingerprint density at radius 1 is 1.37 bits per heavy atom. The van der Waals surface area contributed by atoms with Crippen molar-refractivity contribution >= 4 is 18.3 Å². The maximum atomic E-state index is 11.7. The number of amides is 1. The minimum Gasteiger partial charge on any atom is -0.391 e. The van der Waals surface area contributed by atoms with E-state index in [1.165, 1.54) is 5.56 Å². The van der Waals surface area contributed by atoms with Crippen LogP contribution in [0.1, 0.15) is 11.1 Å². The number of carbonyl (C=O) groups is 1. The highest BCUT2D eigenvalue weighted by Crippen LogP contribution is 2.07. The second-order valence-corrected chi connectivity index (χ2v) is 4.95. The number of benzene rings is 1. The molecule has 2 unspecified atom stereocenters. The van der Waals surface area contributed by atoms with Crippen molar-refractivity contribution in [2.75, 3.05) is 19.6 Å². The molecule has 5 heteroatoms. The second kappa shape index (κ2) is 7.48. The minimum absolute atomic E-state index is 0. The van der Waals surface area contributed by atoms with Crippen molar-refractivity contribution in [2.45, 2.75) is 19.4 Å². The Balaban J connectivity index is 0.00000180. The smallest absolute Gasteiger partial charge is 0.224 e. The van der Waals surface area contributed by atoms with Gasteiger partial charge in [-0.1, -0.05) is 29.8 Å². The zero-order valence-corrected chi connectivity index (χ0v) is 11.9. The molecule has 1 aromatic carbocycles. The Bertz CT molecular complexity index is 408. The van der Waals surface area contributed by atoms with E-state index in [1.54, 1.807) is 0 Å². The van der Waals surface area contributed by atoms with Gasteiger partial charge in [0.05, 0.1) is 12.5 Å². The number of halogens is 1. The van der Waals surface area contributed by atoms with Gasteiger partial charge in [-0.15, -0.1) is 12.4 Å². The Morgan fingerprint density at radius 3 is 2.63 bits per heavy atom. The van der Waals surface area contributed by atoms with E-state index in [0.717, 1.165) is 12.1 Å². The molecule has 0 spiro atoms. The van der Waals surface area contributed by atoms with Crippen LogP contribution in [0, 0.1) is 12.8 Å². The molecule has 4 nitrogen and oxygen atoms in total. The number of hydrogen-bond donors (Lipinski definition) is 3. The Hall–Kier alpha value is -1.10. The van der Waals surface area contributed by atoms with Gasteiger partial charge in [0.25, 0.3) is 0 Å². The molecule has 1 aliphatic heterocycles. The Morgan fingerprint density at radius 2 is 2.05 bits per heavy atom. The lowest BCUT2D eigenvalue weighted by Crippen LogP contribution is -2.35. The molecule has 2 rings (SSSR count). The van der Waals surface area contributed by atoms with Gasteiger partial charge in [-0.25, -0.2) is 0 Å². The molecular weight excluding hydrogens is 264 g/mol. The highest BCUT2D eigenvalue weighted by Gasteiger charge is 2.24. The molecule has 1 fully saturated rings. The van der Waals surface area contributed by atoms with Crippen LogP contribution in [0.15, 0.2) is 24.3 Å². The summed E-state index contributed by atoms with van der Waals surface area (Å²) in [4.78, 5) is 11.7. The number of hydrogen-bond acceptors (Lipinski definition) is 3. The fourth-order valence-corrected chi connectivity index (χ4v) is 2.13. The number of aryl methyl sites for hydroxylation is 1. The maximum absolute atomic E-state index is 11.7. The first kappa shape index (κ1) is 16.0. The van der Waals surface area contributed by atoms with Crippen LogP contribution in [0.25, 0.3) is 0 Å². The topological polar surface area (TPSA) is 61.4 Å². The van der Waals surface area contributed by atoms with Crippen LogP contribution < -0.4 is 10.6 Å². The van der Waals surface area contributed by atoms with E-state index in [0.29, 0.717) is 19.5 Å². The summed E-state index contributed by atoms with van der Waals surface area (Å²) < 4.78 is 0. The van der Waals surface area contributed by atoms with Gasteiger partial charge in [0.15, 0.2) is 0 Å². The SMILES string of the molecule is Cc1ccc(CC(=O)NCC2CNCC2O)cc1.Cl. The lowest BCUT2D eigenvalue weighted by Gasteiger charge is -2.14. The third-order valence-electron chi connectivity index (χ3n) is 3.35. The molecule has 1 aromatic rings. The minimum atomic E-state index is -0.343. The van der Waals surface area contributed by atoms with Crippen LogP contribution in [-0.2, 0) is 11.2 Å². The maximum Gasteiger partial charge on any atom is 0.224 e. The van der Waals surface area contributed by atoms with E-state index in [4.69, 9.17) is 0 Å². The second-order valence-electron chi connectivity index (χ2n) is 4.95. The van der Waals surface area contributed by atoms with Gasteiger partial charge >= 0.3 is 0 Å². The summed E-state index contributed by atoms with van der Waals surface area (Å²) in [5, 5.41) is 15.6. The fraction of sp³-hybridized carbons (Fsp3) is 0.500. The average Bonchev–Trinajstić information content (AvgIpc) is 2.75. The highest BCUT2D eigenvalue weighted by molar-refractivity contribution is 5.85. The summed E-state index contributed by atoms with van der Waals surface area (Å²) in [7, 11) is 0. The van der Waals surface area contributed by atoms with Crippen LogP contribution in [0.2, 0.25) is 0 Å². The quantitative estimate of drug-likeness (QED) is 0.761. The normalized spacial score (nSPS) is 21.8. The molecule has 0 bridgehead atoms. The van der Waals surface area contributed by atoms with E-state index in [2.05, 4.69) is 10.6 Å². The number of aliphatic hydroxyl groups excluding tert-OH is 1. The predicted octanol–water partition coefficient (Wildman–Crippen LogP) is 0.656. The molecule has 3 N–H and O–H groups in total. The van der Waals surface area contributed by atoms with Crippen LogP contribution in [0.4, 0.5) is 0 Å². The zero-order valence-electron chi connectivity index (χ0n) is 11.1. The highest BCUT2D eigenvalue weighted by atomic mass is 35.5. The van der Waals surface area contributed by atoms with Gasteiger partial charge < -0.3 is 15.7 Å². The molecule has 19 heavy (non-hydrogen) atoms. The standard InChI is InChI=1S/C14H20N2O2.ClH/c1-10-2-4-11(5-3-10)6-14(18)16-8-12-7-15-9-13(12)17;/h2-5,12-13,15,17H,6-9H2,1H3,(H,16,18);1H. The van der Waals surface area contributed by atoms with Crippen molar-refractivity contribution < 1.29 is 9.90 Å². The molecule has 1 amide bonds. The van der Waals surface area contributed by atoms with Crippen LogP contribution in [0.5, 0.6) is 0 Å². The number of carbonyl (C=O) groups excluding carboxylic acids is 1. The first-order valence-corrected chi connectivity index (χ1v) is 6.36. The molecule has 1 aliphatic rings. The van der Waals surface area contributed by atoms with E-state index in [1.807, 2.05) is 31.2 Å². The first-order valence-electron chi connectivity index (χ1n) is 6.36. The van der Waals surface area contributed by atoms with E-state index in [9.17, 15) is 9.90 Å². The van der Waals surface area contributed by atoms with Gasteiger partial charge in [-0.05, 0) is 12.5 Å². The number of β-amino-alcohol motifs (C(OH)–C–C–N with tert-alkyl or cyclic N) is 1. The molecule has 106 valence electrons. The predicted molar refractivity (Wildman–Crippen MR) is 77.5 cm³/mol. The molecule has 0 saturated carbocycles. The summed E-state index contributed by atoms with van der Waals surface area (Å²) in [6.45, 7) is 3.96. The van der Waals surface area contributed by atoms with E-state index in [-0.39, 0.29) is 30.3 Å². The van der Waals surface area contributed by atoms with Gasteiger partial charge in [0.1, 0.15) is 0 Å². The van der Waals surface area contributed by atoms with Crippen molar-refractivity contribution in [1.82, 2.24) is 10.6 Å². The van der Waals surface area contributed by atoms with Crippen molar-refractivity contribution in [3.05, 3.63) is 35.4 Å². The molecular formula is C14H21ClN2O2. The van der Waals surface area contributed by atoms with E-state index >= 15 is 0 Å². The number of rotatable bonds is 4. The van der Waals surface area contributed by atoms with Gasteiger partial charge in [-0.2, -0.15) is 0 Å². The summed E-state index contributed by atoms with van der Waals surface area (Å²) in [5.74, 6) is 0.143. The first-order chi connectivity index (χ1) is 8.65. The number of aliphatic hydroxyl groups is 1. The third-order valence-corrected chi connectivity index (χ3v) is 3.35. The fourth-order valence-electron chi connectivity index (χ4n) is 2.13. The van der Waals surface area contributed by atoms with Crippen molar-refractivity contribution in [3.63, 3.8) is 0 Å². The lowest BCUT2D eigenvalue weighted by atomic mass is 10.1. The average molecular weight is 285 g/mol. The van der Waals surface area contributed by atoms with E-state index < -0.39 is 0 Å². The van der Waals surface area contributed by atoms with Crippen LogP contribution in [0.3, 0.4) is 0 Å². The molecule has 1 saturated heterocycles.